The van der Waals surface area contributed by atoms with Gasteiger partial charge in [0.25, 0.3) is 0 Å². The van der Waals surface area contributed by atoms with Gasteiger partial charge in [-0.05, 0) is 20.8 Å². The summed E-state index contributed by atoms with van der Waals surface area (Å²) in [4.78, 5) is 4.28. The van der Waals surface area contributed by atoms with Crippen LogP contribution in [-0.2, 0) is 22.4 Å². The van der Waals surface area contributed by atoms with E-state index in [1.807, 2.05) is 0 Å². The van der Waals surface area contributed by atoms with E-state index < -0.39 is 0 Å². The molecule has 18 heavy (non-hydrogen) atoms. The van der Waals surface area contributed by atoms with Crippen LogP contribution in [0, 0.1) is 0 Å². The average Bonchev–Trinajstić information content (AvgIpc) is 2.73. The van der Waals surface area contributed by atoms with Gasteiger partial charge in [0.1, 0.15) is 0 Å². The van der Waals surface area contributed by atoms with Crippen LogP contribution >= 0.6 is 0 Å². The highest BCUT2D eigenvalue weighted by atomic mass is 16.5. The monoisotopic (exact) mass is 257 g/mol. The van der Waals surface area contributed by atoms with Gasteiger partial charge in [-0.25, -0.2) is 0 Å². The van der Waals surface area contributed by atoms with E-state index in [1.54, 1.807) is 7.11 Å². The summed E-state index contributed by atoms with van der Waals surface area (Å²) in [5.74, 6) is 1.29. The maximum absolute atomic E-state index is 5.34. The van der Waals surface area contributed by atoms with Crippen LogP contribution in [0.1, 0.15) is 32.5 Å². The molecule has 0 saturated heterocycles. The van der Waals surface area contributed by atoms with Crippen molar-refractivity contribution in [1.82, 2.24) is 15.5 Å². The molecule has 0 aliphatic rings. The average molecular weight is 257 g/mol. The molecule has 0 aliphatic heterocycles. The summed E-state index contributed by atoms with van der Waals surface area (Å²) in [6.07, 6.45) is 0.655. The summed E-state index contributed by atoms with van der Waals surface area (Å²) in [5, 5.41) is 7.19. The molecule has 1 N–H and O–H groups in total. The second kappa shape index (κ2) is 7.45. The first-order valence-corrected chi connectivity index (χ1v) is 6.14. The van der Waals surface area contributed by atoms with Crippen LogP contribution in [0.4, 0.5) is 0 Å². The van der Waals surface area contributed by atoms with Crippen molar-refractivity contribution in [3.8, 4) is 0 Å². The third-order valence-corrected chi connectivity index (χ3v) is 2.18. The van der Waals surface area contributed by atoms with Crippen LogP contribution in [-0.4, -0.2) is 42.6 Å². The van der Waals surface area contributed by atoms with Crippen molar-refractivity contribution < 1.29 is 14.0 Å². The number of rotatable bonds is 8. The molecule has 0 atom stereocenters. The predicted octanol–water partition coefficient (Wildman–Crippen LogP) is 1.16. The number of aromatic nitrogens is 2. The zero-order chi connectivity index (χ0) is 13.4. The molecule has 6 nitrogen and oxygen atoms in total. The summed E-state index contributed by atoms with van der Waals surface area (Å²) >= 11 is 0. The predicted molar refractivity (Wildman–Crippen MR) is 67.3 cm³/mol. The maximum atomic E-state index is 5.34. The van der Waals surface area contributed by atoms with Crippen LogP contribution in [0.2, 0.25) is 0 Å². The van der Waals surface area contributed by atoms with E-state index in [1.165, 1.54) is 0 Å². The summed E-state index contributed by atoms with van der Waals surface area (Å²) in [6, 6.07) is 0. The van der Waals surface area contributed by atoms with E-state index in [4.69, 9.17) is 14.0 Å². The Labute approximate surface area is 108 Å². The summed E-state index contributed by atoms with van der Waals surface area (Å²) in [5.41, 5.74) is 0.0396. The van der Waals surface area contributed by atoms with Gasteiger partial charge in [-0.15, -0.1) is 0 Å². The molecule has 0 bridgehead atoms. The Bertz CT molecular complexity index is 334. The molecule has 0 saturated carbocycles. The fraction of sp³-hybridized carbons (Fsp3) is 0.833. The van der Waals surface area contributed by atoms with Crippen molar-refractivity contribution >= 4 is 0 Å². The molecule has 1 heterocycles. The molecule has 1 aromatic heterocycles. The van der Waals surface area contributed by atoms with Crippen molar-refractivity contribution in [3.63, 3.8) is 0 Å². The van der Waals surface area contributed by atoms with Crippen molar-refractivity contribution in [2.24, 2.45) is 0 Å². The second-order valence-corrected chi connectivity index (χ2v) is 5.06. The standard InChI is InChI=1S/C12H23N3O3/c1-12(2,3)13-9-11-14-10(15-18-11)5-6-17-8-7-16-4/h13H,5-9H2,1-4H3. The van der Waals surface area contributed by atoms with Crippen molar-refractivity contribution in [2.45, 2.75) is 39.3 Å². The Morgan fingerprint density at radius 2 is 2.00 bits per heavy atom. The van der Waals surface area contributed by atoms with Gasteiger partial charge in [0, 0.05) is 19.1 Å². The lowest BCUT2D eigenvalue weighted by Crippen LogP contribution is -2.35. The molecule has 0 amide bonds. The molecule has 0 aromatic carbocycles. The van der Waals surface area contributed by atoms with E-state index in [2.05, 4.69) is 36.2 Å². The zero-order valence-electron chi connectivity index (χ0n) is 11.7. The lowest BCUT2D eigenvalue weighted by Gasteiger charge is -2.18. The first kappa shape index (κ1) is 15.1. The van der Waals surface area contributed by atoms with Crippen LogP contribution in [0.3, 0.4) is 0 Å². The van der Waals surface area contributed by atoms with Gasteiger partial charge >= 0.3 is 0 Å². The van der Waals surface area contributed by atoms with Crippen LogP contribution in [0.15, 0.2) is 4.52 Å². The van der Waals surface area contributed by atoms with Gasteiger partial charge in [-0.3, -0.25) is 0 Å². The number of nitrogens with one attached hydrogen (secondary N) is 1. The van der Waals surface area contributed by atoms with E-state index in [9.17, 15) is 0 Å². The van der Waals surface area contributed by atoms with E-state index in [-0.39, 0.29) is 5.54 Å². The number of nitrogens with zero attached hydrogens (tertiary/aromatic N) is 2. The largest absolute Gasteiger partial charge is 0.382 e. The molecule has 0 unspecified atom stereocenters. The fourth-order valence-electron chi connectivity index (χ4n) is 1.21. The van der Waals surface area contributed by atoms with E-state index in [0.717, 1.165) is 0 Å². The SMILES string of the molecule is COCCOCCc1noc(CNC(C)(C)C)n1. The Balaban J connectivity index is 2.22. The molecular weight excluding hydrogens is 234 g/mol. The molecule has 0 aliphatic carbocycles. The topological polar surface area (TPSA) is 69.4 Å². The molecule has 0 radical (unpaired) electrons. The zero-order valence-corrected chi connectivity index (χ0v) is 11.7. The normalized spacial score (nSPS) is 12.0. The van der Waals surface area contributed by atoms with Crippen LogP contribution in [0.25, 0.3) is 0 Å². The van der Waals surface area contributed by atoms with E-state index in [0.29, 0.717) is 44.5 Å². The summed E-state index contributed by atoms with van der Waals surface area (Å²) in [7, 11) is 1.65. The lowest BCUT2D eigenvalue weighted by molar-refractivity contribution is 0.0714. The molecule has 6 heteroatoms. The minimum absolute atomic E-state index is 0.0396. The van der Waals surface area contributed by atoms with E-state index >= 15 is 0 Å². The Hall–Kier alpha value is -0.980. The number of ether oxygens (including phenoxy) is 2. The van der Waals surface area contributed by atoms with Gasteiger partial charge in [-0.2, -0.15) is 4.98 Å². The minimum atomic E-state index is 0.0396. The molecule has 1 rings (SSSR count). The first-order valence-electron chi connectivity index (χ1n) is 6.14. The minimum Gasteiger partial charge on any atom is -0.382 e. The highest BCUT2D eigenvalue weighted by Crippen LogP contribution is 2.03. The summed E-state index contributed by atoms with van der Waals surface area (Å²) in [6.45, 7) is 8.63. The lowest BCUT2D eigenvalue weighted by atomic mass is 10.1. The Morgan fingerprint density at radius 1 is 1.22 bits per heavy atom. The smallest absolute Gasteiger partial charge is 0.240 e. The van der Waals surface area contributed by atoms with Gasteiger partial charge in [-0.1, -0.05) is 5.16 Å². The fourth-order valence-corrected chi connectivity index (χ4v) is 1.21. The number of methoxy groups -OCH3 is 1. The Kier molecular flexibility index (Phi) is 6.24. The third-order valence-electron chi connectivity index (χ3n) is 2.18. The van der Waals surface area contributed by atoms with Gasteiger partial charge < -0.3 is 19.3 Å². The van der Waals surface area contributed by atoms with Crippen molar-refractivity contribution in [3.05, 3.63) is 11.7 Å². The number of hydrogen-bond donors (Lipinski definition) is 1. The summed E-state index contributed by atoms with van der Waals surface area (Å²) < 4.78 is 15.4. The van der Waals surface area contributed by atoms with Crippen LogP contribution in [0.5, 0.6) is 0 Å². The molecule has 104 valence electrons. The molecule has 0 fully saturated rings. The first-order chi connectivity index (χ1) is 8.51. The van der Waals surface area contributed by atoms with Crippen LogP contribution < -0.4 is 5.32 Å². The van der Waals surface area contributed by atoms with Gasteiger partial charge in [0.15, 0.2) is 5.82 Å². The Morgan fingerprint density at radius 3 is 2.67 bits per heavy atom. The van der Waals surface area contributed by atoms with Crippen molar-refractivity contribution in [2.75, 3.05) is 26.9 Å². The maximum Gasteiger partial charge on any atom is 0.240 e. The molecule has 0 spiro atoms. The van der Waals surface area contributed by atoms with Gasteiger partial charge in [0.2, 0.25) is 5.89 Å². The van der Waals surface area contributed by atoms with Crippen molar-refractivity contribution in [1.29, 1.82) is 0 Å². The highest BCUT2D eigenvalue weighted by molar-refractivity contribution is 4.87. The quantitative estimate of drug-likeness (QED) is 0.705. The molecular formula is C12H23N3O3. The highest BCUT2D eigenvalue weighted by Gasteiger charge is 2.12. The number of hydrogen-bond acceptors (Lipinski definition) is 6. The third kappa shape index (κ3) is 6.68. The molecule has 1 aromatic rings. The second-order valence-electron chi connectivity index (χ2n) is 5.06. The van der Waals surface area contributed by atoms with Gasteiger partial charge in [0.05, 0.1) is 26.4 Å².